The second-order valence-electron chi connectivity index (χ2n) is 4.72. The molecule has 1 aliphatic rings. The number of para-hydroxylation sites is 2. The van der Waals surface area contributed by atoms with Crippen molar-refractivity contribution in [2.24, 2.45) is 0 Å². The van der Waals surface area contributed by atoms with E-state index in [4.69, 9.17) is 0 Å². The lowest BCUT2D eigenvalue weighted by Crippen LogP contribution is -2.45. The van der Waals surface area contributed by atoms with E-state index in [-0.39, 0.29) is 23.6 Å². The number of hydrogen-bond acceptors (Lipinski definition) is 4. The van der Waals surface area contributed by atoms with Crippen LogP contribution in [0.3, 0.4) is 0 Å². The molecule has 1 aliphatic heterocycles. The van der Waals surface area contributed by atoms with Gasteiger partial charge in [0.2, 0.25) is 5.16 Å². The number of imidazole rings is 1. The van der Waals surface area contributed by atoms with Crippen molar-refractivity contribution < 1.29 is 8.42 Å². The van der Waals surface area contributed by atoms with E-state index in [0.717, 1.165) is 24.9 Å². The van der Waals surface area contributed by atoms with Gasteiger partial charge in [0.1, 0.15) is 0 Å². The van der Waals surface area contributed by atoms with Crippen LogP contribution in [0.25, 0.3) is 11.0 Å². The summed E-state index contributed by atoms with van der Waals surface area (Å²) in [6, 6.07) is 7.20. The number of nitrogens with one attached hydrogen (secondary N) is 3. The van der Waals surface area contributed by atoms with E-state index < -0.39 is 10.0 Å². The molecule has 0 radical (unpaired) electrons. The first-order valence-electron chi connectivity index (χ1n) is 6.33. The molecule has 0 saturated carbocycles. The third-order valence-electron chi connectivity index (χ3n) is 3.24. The Labute approximate surface area is 123 Å². The van der Waals surface area contributed by atoms with E-state index in [0.29, 0.717) is 12.1 Å². The molecule has 1 atom stereocenters. The van der Waals surface area contributed by atoms with Gasteiger partial charge in [0, 0.05) is 12.6 Å². The summed E-state index contributed by atoms with van der Waals surface area (Å²) in [5.74, 6) is 0. The van der Waals surface area contributed by atoms with Gasteiger partial charge in [-0.25, -0.2) is 18.1 Å². The molecule has 110 valence electrons. The molecule has 1 aromatic carbocycles. The summed E-state index contributed by atoms with van der Waals surface area (Å²) in [4.78, 5) is 6.97. The van der Waals surface area contributed by atoms with Crippen molar-refractivity contribution in [2.45, 2.75) is 24.0 Å². The number of hydrogen-bond donors (Lipinski definition) is 3. The second kappa shape index (κ2) is 6.09. The molecule has 0 spiro atoms. The molecule has 8 heteroatoms. The quantitative estimate of drug-likeness (QED) is 0.789. The standard InChI is InChI=1S/C12H16N4O2S.ClH/c17-19(18,16-9-4-3-7-13-8-9)12-14-10-5-1-2-6-11(10)15-12;/h1-2,5-6,9,13,16H,3-4,7-8H2,(H,14,15);1H. The average molecular weight is 317 g/mol. The first-order valence-corrected chi connectivity index (χ1v) is 7.81. The minimum absolute atomic E-state index is 0. The second-order valence-corrected chi connectivity index (χ2v) is 6.35. The van der Waals surface area contributed by atoms with E-state index in [1.807, 2.05) is 18.2 Å². The summed E-state index contributed by atoms with van der Waals surface area (Å²) in [5, 5.41) is 3.16. The molecule has 1 saturated heterocycles. The van der Waals surface area contributed by atoms with Crippen LogP contribution in [0, 0.1) is 0 Å². The van der Waals surface area contributed by atoms with Crippen LogP contribution in [-0.2, 0) is 10.0 Å². The highest BCUT2D eigenvalue weighted by molar-refractivity contribution is 7.89. The first-order chi connectivity index (χ1) is 9.15. The van der Waals surface area contributed by atoms with E-state index in [9.17, 15) is 8.42 Å². The lowest BCUT2D eigenvalue weighted by Gasteiger charge is -2.22. The van der Waals surface area contributed by atoms with Gasteiger partial charge in [-0.15, -0.1) is 12.4 Å². The van der Waals surface area contributed by atoms with Crippen molar-refractivity contribution in [3.05, 3.63) is 24.3 Å². The molecule has 2 heterocycles. The Morgan fingerprint density at radius 2 is 2.10 bits per heavy atom. The van der Waals surface area contributed by atoms with Crippen molar-refractivity contribution in [2.75, 3.05) is 13.1 Å². The third kappa shape index (κ3) is 3.12. The van der Waals surface area contributed by atoms with Gasteiger partial charge in [-0.1, -0.05) is 12.1 Å². The molecular weight excluding hydrogens is 300 g/mol. The first kappa shape index (κ1) is 15.2. The summed E-state index contributed by atoms with van der Waals surface area (Å²) < 4.78 is 27.2. The maximum Gasteiger partial charge on any atom is 0.274 e. The lowest BCUT2D eigenvalue weighted by molar-refractivity contribution is 0.427. The van der Waals surface area contributed by atoms with E-state index in [1.54, 1.807) is 6.07 Å². The Morgan fingerprint density at radius 3 is 2.80 bits per heavy atom. The topological polar surface area (TPSA) is 86.9 Å². The zero-order chi connectivity index (χ0) is 13.3. The van der Waals surface area contributed by atoms with Gasteiger partial charge >= 0.3 is 0 Å². The number of H-pyrrole nitrogens is 1. The highest BCUT2D eigenvalue weighted by Crippen LogP contribution is 2.14. The number of nitrogens with zero attached hydrogens (tertiary/aromatic N) is 1. The van der Waals surface area contributed by atoms with Crippen LogP contribution in [0.2, 0.25) is 0 Å². The fraction of sp³-hybridized carbons (Fsp3) is 0.417. The van der Waals surface area contributed by atoms with Crippen LogP contribution in [0.4, 0.5) is 0 Å². The van der Waals surface area contributed by atoms with Crippen molar-refractivity contribution in [3.8, 4) is 0 Å². The highest BCUT2D eigenvalue weighted by Gasteiger charge is 2.24. The molecule has 20 heavy (non-hydrogen) atoms. The molecular formula is C12H17ClN4O2S. The minimum atomic E-state index is -3.58. The molecule has 3 N–H and O–H groups in total. The van der Waals surface area contributed by atoms with E-state index >= 15 is 0 Å². The van der Waals surface area contributed by atoms with Crippen LogP contribution in [0.15, 0.2) is 29.4 Å². The van der Waals surface area contributed by atoms with Gasteiger partial charge in [0.15, 0.2) is 0 Å². The van der Waals surface area contributed by atoms with Gasteiger partial charge in [-0.05, 0) is 31.5 Å². The normalized spacial score (nSPS) is 19.7. The molecule has 1 fully saturated rings. The van der Waals surface area contributed by atoms with Gasteiger partial charge in [-0.3, -0.25) is 0 Å². The molecule has 6 nitrogen and oxygen atoms in total. The lowest BCUT2D eigenvalue weighted by atomic mass is 10.1. The Balaban J connectivity index is 0.00000147. The monoisotopic (exact) mass is 316 g/mol. The predicted octanol–water partition coefficient (Wildman–Crippen LogP) is 1.01. The van der Waals surface area contributed by atoms with Crippen LogP contribution in [0.1, 0.15) is 12.8 Å². The Morgan fingerprint density at radius 1 is 1.30 bits per heavy atom. The number of aromatic nitrogens is 2. The van der Waals surface area contributed by atoms with Crippen molar-refractivity contribution >= 4 is 33.5 Å². The van der Waals surface area contributed by atoms with E-state index in [2.05, 4.69) is 20.0 Å². The zero-order valence-corrected chi connectivity index (χ0v) is 12.4. The summed E-state index contributed by atoms with van der Waals surface area (Å²) in [6.07, 6.45) is 1.83. The Kier molecular flexibility index (Phi) is 4.64. The number of piperidine rings is 1. The van der Waals surface area contributed by atoms with Crippen LogP contribution >= 0.6 is 12.4 Å². The molecule has 0 bridgehead atoms. The number of benzene rings is 1. The van der Waals surface area contributed by atoms with Crippen molar-refractivity contribution in [3.63, 3.8) is 0 Å². The Hall–Kier alpha value is -1.15. The highest BCUT2D eigenvalue weighted by atomic mass is 35.5. The van der Waals surface area contributed by atoms with Crippen LogP contribution in [-0.4, -0.2) is 37.5 Å². The zero-order valence-electron chi connectivity index (χ0n) is 10.8. The van der Waals surface area contributed by atoms with Crippen molar-refractivity contribution in [1.82, 2.24) is 20.0 Å². The summed E-state index contributed by atoms with van der Waals surface area (Å²) >= 11 is 0. The average Bonchev–Trinajstić information content (AvgIpc) is 2.84. The summed E-state index contributed by atoms with van der Waals surface area (Å²) in [7, 11) is -3.58. The van der Waals surface area contributed by atoms with Crippen molar-refractivity contribution in [1.29, 1.82) is 0 Å². The predicted molar refractivity (Wildman–Crippen MR) is 79.6 cm³/mol. The fourth-order valence-corrected chi connectivity index (χ4v) is 3.50. The van der Waals surface area contributed by atoms with Gasteiger partial charge < -0.3 is 10.3 Å². The fourth-order valence-electron chi connectivity index (χ4n) is 2.28. The molecule has 0 aliphatic carbocycles. The summed E-state index contributed by atoms with van der Waals surface area (Å²) in [6.45, 7) is 1.61. The third-order valence-corrected chi connectivity index (χ3v) is 4.59. The van der Waals surface area contributed by atoms with Gasteiger partial charge in [-0.2, -0.15) is 0 Å². The molecule has 1 unspecified atom stereocenters. The maximum absolute atomic E-state index is 12.2. The van der Waals surface area contributed by atoms with Crippen LogP contribution in [0.5, 0.6) is 0 Å². The number of fused-ring (bicyclic) bond motifs is 1. The van der Waals surface area contributed by atoms with E-state index in [1.165, 1.54) is 0 Å². The SMILES string of the molecule is Cl.O=S(=O)(NC1CCCNC1)c1nc2ccccc2[nH]1. The largest absolute Gasteiger partial charge is 0.328 e. The molecule has 3 rings (SSSR count). The maximum atomic E-state index is 12.2. The molecule has 1 aromatic heterocycles. The smallest absolute Gasteiger partial charge is 0.274 e. The molecule has 2 aromatic rings. The Bertz CT molecular complexity index is 647. The van der Waals surface area contributed by atoms with Gasteiger partial charge in [0.05, 0.1) is 11.0 Å². The number of halogens is 1. The number of aromatic amines is 1. The summed E-state index contributed by atoms with van der Waals surface area (Å²) in [5.41, 5.74) is 1.38. The number of rotatable bonds is 3. The minimum Gasteiger partial charge on any atom is -0.328 e. The number of sulfonamides is 1. The van der Waals surface area contributed by atoms with Gasteiger partial charge in [0.25, 0.3) is 10.0 Å². The molecule has 0 amide bonds. The van der Waals surface area contributed by atoms with Crippen LogP contribution < -0.4 is 10.0 Å².